The summed E-state index contributed by atoms with van der Waals surface area (Å²) >= 11 is 0. The smallest absolute Gasteiger partial charge is 0.416 e. The zero-order valence-electron chi connectivity index (χ0n) is 19.0. The number of ether oxygens (including phenoxy) is 1. The number of anilines is 1. The molecule has 1 saturated carbocycles. The molecule has 9 heteroatoms. The van der Waals surface area contributed by atoms with Crippen LogP contribution in [0.5, 0.6) is 5.75 Å². The molecule has 1 saturated heterocycles. The van der Waals surface area contributed by atoms with Crippen LogP contribution >= 0.6 is 0 Å². The van der Waals surface area contributed by atoms with Crippen molar-refractivity contribution in [2.45, 2.75) is 50.9 Å². The third-order valence-electron chi connectivity index (χ3n) is 7.22. The number of halogens is 3. The highest BCUT2D eigenvalue weighted by Gasteiger charge is 2.40. The summed E-state index contributed by atoms with van der Waals surface area (Å²) in [5.74, 6) is 0.608. The number of nitrogens with one attached hydrogen (secondary N) is 1. The first-order valence-corrected chi connectivity index (χ1v) is 11.6. The van der Waals surface area contributed by atoms with Crippen LogP contribution in [0.15, 0.2) is 48.9 Å². The highest BCUT2D eigenvalue weighted by molar-refractivity contribution is 5.65. The van der Waals surface area contributed by atoms with Gasteiger partial charge < -0.3 is 15.8 Å². The zero-order valence-corrected chi connectivity index (χ0v) is 19.0. The van der Waals surface area contributed by atoms with Crippen molar-refractivity contribution in [2.24, 2.45) is 5.41 Å². The summed E-state index contributed by atoms with van der Waals surface area (Å²) in [5, 5.41) is 8.00. The predicted molar refractivity (Wildman–Crippen MR) is 123 cm³/mol. The van der Waals surface area contributed by atoms with Gasteiger partial charge in [-0.25, -0.2) is 4.98 Å². The number of hydrogen-bond donors (Lipinski definition) is 2. The van der Waals surface area contributed by atoms with Crippen molar-refractivity contribution in [2.75, 3.05) is 18.8 Å². The minimum absolute atomic E-state index is 0.224. The Hall–Kier alpha value is -3.07. The Bertz CT molecular complexity index is 1140. The molecule has 1 aliphatic carbocycles. The van der Waals surface area contributed by atoms with Gasteiger partial charge in [-0.1, -0.05) is 12.1 Å². The maximum atomic E-state index is 12.8. The van der Waals surface area contributed by atoms with Gasteiger partial charge in [-0.2, -0.15) is 18.3 Å². The first kappa shape index (κ1) is 22.7. The van der Waals surface area contributed by atoms with Gasteiger partial charge in [0.05, 0.1) is 17.8 Å². The molecule has 1 aliphatic heterocycles. The van der Waals surface area contributed by atoms with Gasteiger partial charge in [-0.05, 0) is 61.8 Å². The quantitative estimate of drug-likeness (QED) is 0.522. The Balaban J connectivity index is 1.28. The molecule has 2 aromatic heterocycles. The van der Waals surface area contributed by atoms with Crippen molar-refractivity contribution in [1.82, 2.24) is 20.1 Å². The predicted octanol–water partition coefficient (Wildman–Crippen LogP) is 5.39. The highest BCUT2D eigenvalue weighted by atomic mass is 19.4. The number of aromatic nitrogens is 3. The highest BCUT2D eigenvalue weighted by Crippen LogP contribution is 2.43. The molecule has 3 N–H and O–H groups in total. The molecule has 0 bridgehead atoms. The maximum absolute atomic E-state index is 12.8. The molecule has 0 amide bonds. The third-order valence-corrected chi connectivity index (χ3v) is 7.22. The van der Waals surface area contributed by atoms with Gasteiger partial charge in [0.1, 0.15) is 6.10 Å². The molecule has 6 nitrogen and oxygen atoms in total. The van der Waals surface area contributed by atoms with Crippen LogP contribution in [0.2, 0.25) is 0 Å². The van der Waals surface area contributed by atoms with Gasteiger partial charge in [0.15, 0.2) is 11.6 Å². The van der Waals surface area contributed by atoms with Crippen LogP contribution in [0, 0.1) is 5.41 Å². The number of nitrogens with zero attached hydrogens (tertiary/aromatic N) is 3. The molecular weight excluding hydrogens is 443 g/mol. The molecule has 2 fully saturated rings. The minimum atomic E-state index is -4.37. The lowest BCUT2D eigenvalue weighted by Gasteiger charge is -2.47. The summed E-state index contributed by atoms with van der Waals surface area (Å²) in [6.45, 7) is 4.03. The molecule has 0 radical (unpaired) electrons. The summed E-state index contributed by atoms with van der Waals surface area (Å²) < 4.78 is 46.5. The van der Waals surface area contributed by atoms with E-state index in [9.17, 15) is 13.2 Å². The average molecular weight is 472 g/mol. The van der Waals surface area contributed by atoms with E-state index >= 15 is 0 Å². The van der Waals surface area contributed by atoms with E-state index in [1.807, 2.05) is 12.4 Å². The average Bonchev–Trinajstić information content (AvgIpc) is 3.29. The number of hydrogen-bond acceptors (Lipinski definition) is 5. The molecule has 2 aliphatic rings. The van der Waals surface area contributed by atoms with Crippen LogP contribution in [-0.2, 0) is 6.18 Å². The molecule has 1 atom stereocenters. The summed E-state index contributed by atoms with van der Waals surface area (Å²) in [5.41, 5.74) is 8.20. The van der Waals surface area contributed by atoms with Gasteiger partial charge in [-0.15, -0.1) is 0 Å². The molecule has 3 aromatic rings. The second-order valence-electron chi connectivity index (χ2n) is 9.53. The molecule has 1 spiro atoms. The SMILES string of the molecule is C[C@H](Oc1cc(-c2cnn(C3CCC4(CC3)CNC4)c2)cnc1N)c1ccc(C(F)(F)F)cc1. The topological polar surface area (TPSA) is 78.0 Å². The molecule has 180 valence electrons. The van der Waals surface area contributed by atoms with E-state index in [2.05, 4.69) is 20.1 Å². The van der Waals surface area contributed by atoms with E-state index in [4.69, 9.17) is 10.5 Å². The summed E-state index contributed by atoms with van der Waals surface area (Å²) in [4.78, 5) is 4.27. The lowest BCUT2D eigenvalue weighted by Crippen LogP contribution is -2.54. The number of benzene rings is 1. The fourth-order valence-electron chi connectivity index (χ4n) is 4.91. The first-order valence-electron chi connectivity index (χ1n) is 11.6. The first-order chi connectivity index (χ1) is 16.2. The Labute approximate surface area is 196 Å². The normalized spacial score (nSPS) is 19.1. The molecule has 1 aromatic carbocycles. The molecular formula is C25H28F3N5O. The van der Waals surface area contributed by atoms with E-state index in [0.717, 1.165) is 49.2 Å². The maximum Gasteiger partial charge on any atom is 0.416 e. The van der Waals surface area contributed by atoms with Crippen molar-refractivity contribution < 1.29 is 17.9 Å². The van der Waals surface area contributed by atoms with E-state index < -0.39 is 17.8 Å². The zero-order chi connectivity index (χ0) is 23.9. The third kappa shape index (κ3) is 4.49. The molecule has 3 heterocycles. The lowest BCUT2D eigenvalue weighted by molar-refractivity contribution is -0.137. The van der Waals surface area contributed by atoms with E-state index in [1.165, 1.54) is 25.0 Å². The fraction of sp³-hybridized carbons (Fsp3) is 0.440. The lowest BCUT2D eigenvalue weighted by atomic mass is 9.68. The summed E-state index contributed by atoms with van der Waals surface area (Å²) in [6, 6.07) is 7.14. The Kier molecular flexibility index (Phi) is 5.75. The van der Waals surface area contributed by atoms with Crippen molar-refractivity contribution in [3.05, 3.63) is 60.0 Å². The van der Waals surface area contributed by atoms with Crippen molar-refractivity contribution >= 4 is 5.82 Å². The second-order valence-corrected chi connectivity index (χ2v) is 9.53. The van der Waals surface area contributed by atoms with Crippen molar-refractivity contribution in [3.63, 3.8) is 0 Å². The Morgan fingerprint density at radius 1 is 1.12 bits per heavy atom. The van der Waals surface area contributed by atoms with Gasteiger partial charge in [0, 0.05) is 36.6 Å². The van der Waals surface area contributed by atoms with E-state index in [1.54, 1.807) is 19.2 Å². The van der Waals surface area contributed by atoms with Crippen LogP contribution in [0.1, 0.15) is 55.9 Å². The second kappa shape index (κ2) is 8.61. The van der Waals surface area contributed by atoms with Gasteiger partial charge in [-0.3, -0.25) is 4.68 Å². The molecule has 5 rings (SSSR count). The van der Waals surface area contributed by atoms with Crippen LogP contribution in [0.3, 0.4) is 0 Å². The van der Waals surface area contributed by atoms with Crippen LogP contribution in [0.25, 0.3) is 11.1 Å². The number of nitrogens with two attached hydrogens (primary N) is 1. The number of alkyl halides is 3. The molecule has 0 unspecified atom stereocenters. The monoisotopic (exact) mass is 471 g/mol. The van der Waals surface area contributed by atoms with Crippen LogP contribution in [0.4, 0.5) is 19.0 Å². The number of pyridine rings is 1. The van der Waals surface area contributed by atoms with Crippen molar-refractivity contribution in [3.8, 4) is 16.9 Å². The largest absolute Gasteiger partial charge is 0.482 e. The summed E-state index contributed by atoms with van der Waals surface area (Å²) in [6.07, 6.45) is 5.38. The fourth-order valence-corrected chi connectivity index (χ4v) is 4.91. The minimum Gasteiger partial charge on any atom is -0.482 e. The number of rotatable bonds is 5. The van der Waals surface area contributed by atoms with E-state index in [-0.39, 0.29) is 5.82 Å². The molecule has 34 heavy (non-hydrogen) atoms. The van der Waals surface area contributed by atoms with Crippen molar-refractivity contribution in [1.29, 1.82) is 0 Å². The van der Waals surface area contributed by atoms with Gasteiger partial charge in [0.25, 0.3) is 0 Å². The van der Waals surface area contributed by atoms with Crippen LogP contribution < -0.4 is 15.8 Å². The standard InChI is InChI=1S/C25H28F3N5O/c1-16(17-2-4-20(5-3-17)25(26,27)28)34-22-10-18(11-31-23(22)29)19-12-32-33(13-19)21-6-8-24(9-7-21)14-30-15-24/h2-5,10-13,16,21,30H,6-9,14-15H2,1H3,(H2,29,31)/t16-/m0/s1. The Morgan fingerprint density at radius 2 is 1.82 bits per heavy atom. The van der Waals surface area contributed by atoms with Gasteiger partial charge >= 0.3 is 6.18 Å². The van der Waals surface area contributed by atoms with E-state index in [0.29, 0.717) is 22.8 Å². The van der Waals surface area contributed by atoms with Gasteiger partial charge in [0.2, 0.25) is 0 Å². The van der Waals surface area contributed by atoms with Crippen LogP contribution in [-0.4, -0.2) is 27.9 Å². The Morgan fingerprint density at radius 3 is 2.44 bits per heavy atom. The number of nitrogen functional groups attached to an aromatic ring is 1. The summed E-state index contributed by atoms with van der Waals surface area (Å²) in [7, 11) is 0.